The molecule has 0 radical (unpaired) electrons. The van der Waals surface area contributed by atoms with Crippen LogP contribution in [0.4, 0.5) is 0 Å². The van der Waals surface area contributed by atoms with Gasteiger partial charge in [-0.05, 0) is 38.0 Å². The van der Waals surface area contributed by atoms with Gasteiger partial charge >= 0.3 is 0 Å². The topological polar surface area (TPSA) is 40.5 Å². The lowest BCUT2D eigenvalue weighted by Gasteiger charge is -2.28. The second-order valence-corrected chi connectivity index (χ2v) is 4.52. The summed E-state index contributed by atoms with van der Waals surface area (Å²) in [6, 6.07) is 0. The molecule has 0 aliphatic rings. The van der Waals surface area contributed by atoms with E-state index in [-0.39, 0.29) is 6.61 Å². The van der Waals surface area contributed by atoms with Crippen LogP contribution in [0.15, 0.2) is 0 Å². The Morgan fingerprint density at radius 1 is 1.23 bits per heavy atom. The molecule has 0 saturated heterocycles. The summed E-state index contributed by atoms with van der Waals surface area (Å²) in [5.41, 5.74) is -0.539. The van der Waals surface area contributed by atoms with E-state index in [0.29, 0.717) is 11.8 Å². The molecule has 0 aromatic rings. The van der Waals surface area contributed by atoms with Crippen molar-refractivity contribution in [3.05, 3.63) is 0 Å². The van der Waals surface area contributed by atoms with Gasteiger partial charge in [0.2, 0.25) is 0 Å². The zero-order valence-electron chi connectivity index (χ0n) is 9.38. The van der Waals surface area contributed by atoms with Crippen molar-refractivity contribution in [2.75, 3.05) is 6.61 Å². The van der Waals surface area contributed by atoms with Gasteiger partial charge in [0.05, 0.1) is 5.60 Å². The summed E-state index contributed by atoms with van der Waals surface area (Å²) in [6.45, 7) is 8.41. The highest BCUT2D eigenvalue weighted by Gasteiger charge is 2.23. The summed E-state index contributed by atoms with van der Waals surface area (Å²) in [5.74, 6) is 0.963. The Labute approximate surface area is 82.0 Å². The van der Waals surface area contributed by atoms with Crippen LogP contribution in [-0.4, -0.2) is 22.4 Å². The van der Waals surface area contributed by atoms with Gasteiger partial charge in [-0.3, -0.25) is 0 Å². The maximum absolute atomic E-state index is 9.85. The zero-order chi connectivity index (χ0) is 10.5. The van der Waals surface area contributed by atoms with Gasteiger partial charge in [-0.2, -0.15) is 0 Å². The summed E-state index contributed by atoms with van der Waals surface area (Å²) < 4.78 is 0. The van der Waals surface area contributed by atoms with Crippen LogP contribution in [0.5, 0.6) is 0 Å². The third-order valence-corrected chi connectivity index (χ3v) is 3.08. The normalized spacial score (nSPS) is 20.8. The summed E-state index contributed by atoms with van der Waals surface area (Å²) >= 11 is 0. The first-order valence-corrected chi connectivity index (χ1v) is 5.26. The van der Waals surface area contributed by atoms with Gasteiger partial charge in [-0.15, -0.1) is 0 Å². The first-order valence-electron chi connectivity index (χ1n) is 5.26. The molecule has 0 aromatic heterocycles. The Morgan fingerprint density at radius 2 is 1.77 bits per heavy atom. The second kappa shape index (κ2) is 5.61. The third kappa shape index (κ3) is 5.27. The van der Waals surface area contributed by atoms with E-state index >= 15 is 0 Å². The fourth-order valence-corrected chi connectivity index (χ4v) is 1.53. The lowest BCUT2D eigenvalue weighted by atomic mass is 9.83. The van der Waals surface area contributed by atoms with E-state index < -0.39 is 5.60 Å². The van der Waals surface area contributed by atoms with E-state index in [1.807, 2.05) is 13.8 Å². The predicted octanol–water partition coefficient (Wildman–Crippen LogP) is 2.19. The van der Waals surface area contributed by atoms with E-state index in [9.17, 15) is 5.11 Å². The molecule has 0 amide bonds. The molecule has 80 valence electrons. The Morgan fingerprint density at radius 3 is 2.15 bits per heavy atom. The quantitative estimate of drug-likeness (QED) is 0.671. The molecular weight excluding hydrogens is 164 g/mol. The van der Waals surface area contributed by atoms with E-state index in [0.717, 1.165) is 19.3 Å². The van der Waals surface area contributed by atoms with E-state index in [2.05, 4.69) is 13.8 Å². The molecule has 0 fully saturated rings. The first kappa shape index (κ1) is 12.9. The molecule has 2 heteroatoms. The maximum atomic E-state index is 9.85. The molecular formula is C11H24O2. The van der Waals surface area contributed by atoms with Crippen molar-refractivity contribution in [2.45, 2.75) is 52.6 Å². The molecule has 13 heavy (non-hydrogen) atoms. The molecule has 0 aromatic carbocycles. The third-order valence-electron chi connectivity index (χ3n) is 3.08. The summed E-state index contributed by atoms with van der Waals surface area (Å²) in [5, 5.41) is 18.6. The molecule has 3 unspecified atom stereocenters. The average molecular weight is 188 g/mol. The lowest BCUT2D eigenvalue weighted by Crippen LogP contribution is -2.28. The molecule has 0 heterocycles. The van der Waals surface area contributed by atoms with Crippen molar-refractivity contribution in [3.63, 3.8) is 0 Å². The number of aliphatic hydroxyl groups excluding tert-OH is 1. The average Bonchev–Trinajstić information content (AvgIpc) is 2.04. The van der Waals surface area contributed by atoms with Gasteiger partial charge in [-0.25, -0.2) is 0 Å². The van der Waals surface area contributed by atoms with Crippen molar-refractivity contribution in [1.82, 2.24) is 0 Å². The Balaban J connectivity index is 3.91. The Kier molecular flexibility index (Phi) is 5.57. The van der Waals surface area contributed by atoms with E-state index in [4.69, 9.17) is 5.11 Å². The van der Waals surface area contributed by atoms with Gasteiger partial charge < -0.3 is 10.2 Å². The van der Waals surface area contributed by atoms with Gasteiger partial charge in [0.25, 0.3) is 0 Å². The molecule has 0 bridgehead atoms. The van der Waals surface area contributed by atoms with Crippen molar-refractivity contribution in [3.8, 4) is 0 Å². The second-order valence-electron chi connectivity index (χ2n) is 4.52. The van der Waals surface area contributed by atoms with E-state index in [1.165, 1.54) is 0 Å². The van der Waals surface area contributed by atoms with E-state index in [1.54, 1.807) is 0 Å². The minimum Gasteiger partial charge on any atom is -0.396 e. The molecule has 0 rings (SSSR count). The van der Waals surface area contributed by atoms with Crippen LogP contribution in [-0.2, 0) is 0 Å². The van der Waals surface area contributed by atoms with Gasteiger partial charge in [0.1, 0.15) is 0 Å². The minimum atomic E-state index is -0.539. The molecule has 0 aliphatic heterocycles. The van der Waals surface area contributed by atoms with Crippen molar-refractivity contribution >= 4 is 0 Å². The maximum Gasteiger partial charge on any atom is 0.0619 e. The molecule has 0 saturated carbocycles. The first-order chi connectivity index (χ1) is 5.93. The standard InChI is InChI=1S/C11H24O2/c1-5-11(4,13)8-10(3)9(2)6-7-12/h9-10,12-13H,5-8H2,1-4H3. The van der Waals surface area contributed by atoms with Crippen LogP contribution in [0.25, 0.3) is 0 Å². The fourth-order valence-electron chi connectivity index (χ4n) is 1.53. The molecule has 0 aliphatic carbocycles. The predicted molar refractivity (Wildman–Crippen MR) is 55.6 cm³/mol. The smallest absolute Gasteiger partial charge is 0.0619 e. The van der Waals surface area contributed by atoms with Crippen LogP contribution in [0.1, 0.15) is 47.0 Å². The van der Waals surface area contributed by atoms with Crippen LogP contribution in [0.3, 0.4) is 0 Å². The molecule has 2 N–H and O–H groups in total. The number of aliphatic hydroxyl groups is 2. The van der Waals surface area contributed by atoms with Crippen molar-refractivity contribution in [1.29, 1.82) is 0 Å². The van der Waals surface area contributed by atoms with Crippen LogP contribution < -0.4 is 0 Å². The highest BCUT2D eigenvalue weighted by molar-refractivity contribution is 4.75. The fraction of sp³-hybridized carbons (Fsp3) is 1.00. The molecule has 3 atom stereocenters. The van der Waals surface area contributed by atoms with Crippen LogP contribution in [0, 0.1) is 11.8 Å². The van der Waals surface area contributed by atoms with Gasteiger partial charge in [0.15, 0.2) is 0 Å². The van der Waals surface area contributed by atoms with Crippen LogP contribution in [0.2, 0.25) is 0 Å². The highest BCUT2D eigenvalue weighted by Crippen LogP contribution is 2.26. The zero-order valence-corrected chi connectivity index (χ0v) is 9.38. The van der Waals surface area contributed by atoms with Crippen LogP contribution >= 0.6 is 0 Å². The van der Waals surface area contributed by atoms with Gasteiger partial charge in [0, 0.05) is 6.61 Å². The molecule has 2 nitrogen and oxygen atoms in total. The summed E-state index contributed by atoms with van der Waals surface area (Å²) in [7, 11) is 0. The SMILES string of the molecule is CCC(C)(O)CC(C)C(C)CCO. The summed E-state index contributed by atoms with van der Waals surface area (Å²) in [6.07, 6.45) is 2.45. The highest BCUT2D eigenvalue weighted by atomic mass is 16.3. The van der Waals surface area contributed by atoms with Crippen molar-refractivity contribution < 1.29 is 10.2 Å². The number of hydrogen-bond donors (Lipinski definition) is 2. The lowest BCUT2D eigenvalue weighted by molar-refractivity contribution is 0.0225. The minimum absolute atomic E-state index is 0.250. The van der Waals surface area contributed by atoms with Gasteiger partial charge in [-0.1, -0.05) is 20.8 Å². The number of hydrogen-bond acceptors (Lipinski definition) is 2. The summed E-state index contributed by atoms with van der Waals surface area (Å²) in [4.78, 5) is 0. The Bertz CT molecular complexity index is 132. The Hall–Kier alpha value is -0.0800. The molecule has 0 spiro atoms. The number of rotatable bonds is 6. The largest absolute Gasteiger partial charge is 0.396 e. The monoisotopic (exact) mass is 188 g/mol. The van der Waals surface area contributed by atoms with Crippen molar-refractivity contribution in [2.24, 2.45) is 11.8 Å².